The fourth-order valence-electron chi connectivity index (χ4n) is 1.46. The van der Waals surface area contributed by atoms with Gasteiger partial charge in [0.05, 0.1) is 10.9 Å². The molecule has 1 aromatic carbocycles. The Hall–Kier alpha value is -1.44. The predicted molar refractivity (Wildman–Crippen MR) is 66.2 cm³/mol. The van der Waals surface area contributed by atoms with Gasteiger partial charge in [0.25, 0.3) is 0 Å². The minimum absolute atomic E-state index is 0.0211. The molecule has 0 fully saturated rings. The number of nitrogens with two attached hydrogens (primary N) is 1. The second-order valence-electron chi connectivity index (χ2n) is 3.84. The van der Waals surface area contributed by atoms with Crippen LogP contribution in [0.1, 0.15) is 18.5 Å². The third-order valence-electron chi connectivity index (χ3n) is 2.34. The molecule has 0 radical (unpaired) electrons. The molecule has 3 N–H and O–H groups in total. The van der Waals surface area contributed by atoms with Gasteiger partial charge in [0.2, 0.25) is 15.9 Å². The number of ether oxygens (including phenoxy) is 1. The predicted octanol–water partition coefficient (Wildman–Crippen LogP) is 0.158. The first-order valence-electron chi connectivity index (χ1n) is 5.25. The van der Waals surface area contributed by atoms with E-state index < -0.39 is 10.0 Å². The molecule has 0 bridgehead atoms. The summed E-state index contributed by atoms with van der Waals surface area (Å²) in [5.41, 5.74) is 0.658. The Morgan fingerprint density at radius 3 is 2.72 bits per heavy atom. The summed E-state index contributed by atoms with van der Waals surface area (Å²) in [6, 6.07) is 5.81. The van der Waals surface area contributed by atoms with Gasteiger partial charge in [0, 0.05) is 7.11 Å². The molecule has 0 spiro atoms. The lowest BCUT2D eigenvalue weighted by Crippen LogP contribution is -2.29. The Kier molecular flexibility index (Phi) is 4.83. The lowest BCUT2D eigenvalue weighted by molar-refractivity contribution is -0.125. The standard InChI is InChI=1S/C11H16N2O4S/c1-8(13-11(14)7-17-2)9-4-3-5-10(6-9)18(12,15)16/h3-6,8H,7H2,1-2H3,(H,13,14)(H2,12,15,16). The zero-order chi connectivity index (χ0) is 13.8. The van der Waals surface area contributed by atoms with Crippen LogP contribution in [0, 0.1) is 0 Å². The summed E-state index contributed by atoms with van der Waals surface area (Å²) in [5.74, 6) is -0.272. The van der Waals surface area contributed by atoms with Gasteiger partial charge in [-0.05, 0) is 24.6 Å². The van der Waals surface area contributed by atoms with Crippen molar-refractivity contribution >= 4 is 15.9 Å². The van der Waals surface area contributed by atoms with Crippen molar-refractivity contribution in [1.29, 1.82) is 0 Å². The highest BCUT2D eigenvalue weighted by molar-refractivity contribution is 7.89. The monoisotopic (exact) mass is 272 g/mol. The number of hydrogen-bond donors (Lipinski definition) is 2. The van der Waals surface area contributed by atoms with Crippen LogP contribution in [-0.2, 0) is 19.6 Å². The Labute approximate surface area is 106 Å². The van der Waals surface area contributed by atoms with Crippen molar-refractivity contribution in [2.75, 3.05) is 13.7 Å². The van der Waals surface area contributed by atoms with Crippen molar-refractivity contribution < 1.29 is 17.9 Å². The number of benzene rings is 1. The molecule has 1 rings (SSSR count). The van der Waals surface area contributed by atoms with E-state index in [0.29, 0.717) is 5.56 Å². The van der Waals surface area contributed by atoms with Crippen molar-refractivity contribution in [3.63, 3.8) is 0 Å². The highest BCUT2D eigenvalue weighted by Gasteiger charge is 2.13. The SMILES string of the molecule is COCC(=O)NC(C)c1cccc(S(N)(=O)=O)c1. The van der Waals surface area contributed by atoms with Crippen LogP contribution in [0.4, 0.5) is 0 Å². The number of sulfonamides is 1. The Balaban J connectivity index is 2.87. The van der Waals surface area contributed by atoms with E-state index in [4.69, 9.17) is 9.88 Å². The van der Waals surface area contributed by atoms with E-state index >= 15 is 0 Å². The van der Waals surface area contributed by atoms with Gasteiger partial charge in [-0.25, -0.2) is 13.6 Å². The first kappa shape index (κ1) is 14.6. The second-order valence-corrected chi connectivity index (χ2v) is 5.40. The first-order chi connectivity index (χ1) is 8.34. The fraction of sp³-hybridized carbons (Fsp3) is 0.364. The number of primary sulfonamides is 1. The topological polar surface area (TPSA) is 98.5 Å². The van der Waals surface area contributed by atoms with Crippen molar-refractivity contribution in [3.05, 3.63) is 29.8 Å². The molecule has 0 heterocycles. The van der Waals surface area contributed by atoms with E-state index in [-0.39, 0.29) is 23.5 Å². The van der Waals surface area contributed by atoms with Crippen LogP contribution in [0.3, 0.4) is 0 Å². The van der Waals surface area contributed by atoms with Crippen LogP contribution in [0.25, 0.3) is 0 Å². The molecule has 0 aliphatic carbocycles. The van der Waals surface area contributed by atoms with Crippen LogP contribution >= 0.6 is 0 Å². The van der Waals surface area contributed by atoms with E-state index in [1.807, 2.05) is 0 Å². The summed E-state index contributed by atoms with van der Waals surface area (Å²) in [7, 11) is -2.31. The molecule has 0 saturated heterocycles. The Morgan fingerprint density at radius 1 is 1.50 bits per heavy atom. The van der Waals surface area contributed by atoms with Gasteiger partial charge in [0.1, 0.15) is 6.61 Å². The molecule has 7 heteroatoms. The van der Waals surface area contributed by atoms with E-state index in [2.05, 4.69) is 5.32 Å². The number of nitrogens with one attached hydrogen (secondary N) is 1. The summed E-state index contributed by atoms with van der Waals surface area (Å²) in [5, 5.41) is 7.72. The van der Waals surface area contributed by atoms with Gasteiger partial charge in [-0.15, -0.1) is 0 Å². The van der Waals surface area contributed by atoms with Crippen molar-refractivity contribution in [2.45, 2.75) is 17.9 Å². The molecule has 18 heavy (non-hydrogen) atoms. The van der Waals surface area contributed by atoms with Crippen LogP contribution in [0.2, 0.25) is 0 Å². The maximum atomic E-state index is 11.3. The maximum absolute atomic E-state index is 11.3. The second kappa shape index (κ2) is 5.94. The zero-order valence-corrected chi connectivity index (χ0v) is 11.0. The first-order valence-corrected chi connectivity index (χ1v) is 6.80. The number of carbonyl (C=O) groups is 1. The molecule has 6 nitrogen and oxygen atoms in total. The van der Waals surface area contributed by atoms with E-state index in [1.165, 1.54) is 19.2 Å². The Bertz CT molecular complexity index is 528. The molecule has 100 valence electrons. The smallest absolute Gasteiger partial charge is 0.246 e. The largest absolute Gasteiger partial charge is 0.375 e. The number of rotatable bonds is 5. The molecule has 1 amide bonds. The molecule has 0 aromatic heterocycles. The number of carbonyl (C=O) groups excluding carboxylic acids is 1. The molecule has 0 aliphatic rings. The molecule has 1 atom stereocenters. The zero-order valence-electron chi connectivity index (χ0n) is 10.2. The Morgan fingerprint density at radius 2 is 2.17 bits per heavy atom. The van der Waals surface area contributed by atoms with Crippen LogP contribution in [0.15, 0.2) is 29.2 Å². The summed E-state index contributed by atoms with van der Waals surface area (Å²) in [6.07, 6.45) is 0. The van der Waals surface area contributed by atoms with Crippen molar-refractivity contribution in [2.24, 2.45) is 5.14 Å². The number of methoxy groups -OCH3 is 1. The normalized spacial score (nSPS) is 13.1. The van der Waals surface area contributed by atoms with Gasteiger partial charge >= 0.3 is 0 Å². The van der Waals surface area contributed by atoms with Crippen molar-refractivity contribution in [3.8, 4) is 0 Å². The molecular formula is C11H16N2O4S. The van der Waals surface area contributed by atoms with Crippen LogP contribution < -0.4 is 10.5 Å². The van der Waals surface area contributed by atoms with Gasteiger partial charge in [-0.1, -0.05) is 12.1 Å². The summed E-state index contributed by atoms with van der Waals surface area (Å²) < 4.78 is 27.1. The van der Waals surface area contributed by atoms with Gasteiger partial charge in [-0.2, -0.15) is 0 Å². The lowest BCUT2D eigenvalue weighted by atomic mass is 10.1. The average Bonchev–Trinajstić information content (AvgIpc) is 2.28. The fourth-order valence-corrected chi connectivity index (χ4v) is 2.03. The van der Waals surface area contributed by atoms with E-state index in [0.717, 1.165) is 0 Å². The highest BCUT2D eigenvalue weighted by atomic mass is 32.2. The maximum Gasteiger partial charge on any atom is 0.246 e. The number of amides is 1. The van der Waals surface area contributed by atoms with Crippen molar-refractivity contribution in [1.82, 2.24) is 5.32 Å². The third-order valence-corrected chi connectivity index (χ3v) is 3.25. The molecule has 1 unspecified atom stereocenters. The molecule has 1 aromatic rings. The number of hydrogen-bond acceptors (Lipinski definition) is 4. The van der Waals surface area contributed by atoms with Crippen LogP contribution in [-0.4, -0.2) is 28.0 Å². The van der Waals surface area contributed by atoms with Gasteiger partial charge in [0.15, 0.2) is 0 Å². The molecular weight excluding hydrogens is 256 g/mol. The lowest BCUT2D eigenvalue weighted by Gasteiger charge is -2.14. The van der Waals surface area contributed by atoms with E-state index in [9.17, 15) is 13.2 Å². The molecule has 0 aliphatic heterocycles. The summed E-state index contributed by atoms with van der Waals surface area (Å²) >= 11 is 0. The minimum atomic E-state index is -3.73. The van der Waals surface area contributed by atoms with Crippen LogP contribution in [0.5, 0.6) is 0 Å². The minimum Gasteiger partial charge on any atom is -0.375 e. The summed E-state index contributed by atoms with van der Waals surface area (Å²) in [4.78, 5) is 11.4. The average molecular weight is 272 g/mol. The summed E-state index contributed by atoms with van der Waals surface area (Å²) in [6.45, 7) is 1.70. The van der Waals surface area contributed by atoms with E-state index in [1.54, 1.807) is 19.1 Å². The van der Waals surface area contributed by atoms with Gasteiger partial charge in [-0.3, -0.25) is 4.79 Å². The third kappa shape index (κ3) is 4.10. The highest BCUT2D eigenvalue weighted by Crippen LogP contribution is 2.16. The quantitative estimate of drug-likeness (QED) is 0.797. The molecule has 0 saturated carbocycles. The van der Waals surface area contributed by atoms with Gasteiger partial charge < -0.3 is 10.1 Å².